The molecule has 0 spiro atoms. The van der Waals surface area contributed by atoms with Gasteiger partial charge in [-0.15, -0.1) is 0 Å². The third-order valence-electron chi connectivity index (χ3n) is 7.20. The second-order valence-corrected chi connectivity index (χ2v) is 13.3. The maximum atomic E-state index is 13.9. The fraction of sp³-hybridized carbons (Fsp3) is 0.385. The molecule has 0 unspecified atom stereocenters. The summed E-state index contributed by atoms with van der Waals surface area (Å²) in [6.45, 7) is 2.91. The molecule has 1 aliphatic carbocycles. The van der Waals surface area contributed by atoms with Gasteiger partial charge < -0.3 is 9.64 Å². The summed E-state index contributed by atoms with van der Waals surface area (Å²) in [6, 6.07) is 6.87. The summed E-state index contributed by atoms with van der Waals surface area (Å²) >= 11 is 3.10. The number of benzene rings is 2. The Morgan fingerprint density at radius 1 is 1.10 bits per heavy atom. The maximum Gasteiger partial charge on any atom is 0.316 e. The van der Waals surface area contributed by atoms with Crippen LogP contribution in [0.15, 0.2) is 51.9 Å². The molecule has 1 saturated carbocycles. The van der Waals surface area contributed by atoms with Crippen molar-refractivity contribution in [2.75, 3.05) is 37.7 Å². The van der Waals surface area contributed by atoms with E-state index in [4.69, 9.17) is 4.74 Å². The fourth-order valence-corrected chi connectivity index (χ4v) is 6.43. The molecular weight excluding hydrogens is 628 g/mol. The number of ether oxygens (including phenoxy) is 1. The van der Waals surface area contributed by atoms with Crippen LogP contribution in [0.3, 0.4) is 0 Å². The number of nitro groups is 1. The van der Waals surface area contributed by atoms with Crippen LogP contribution in [0, 0.1) is 27.2 Å². The molecule has 2 aliphatic rings. The van der Waals surface area contributed by atoms with Crippen LogP contribution in [0.4, 0.5) is 20.2 Å². The van der Waals surface area contributed by atoms with E-state index < -0.39 is 37.9 Å². The van der Waals surface area contributed by atoms with Crippen molar-refractivity contribution in [3.63, 3.8) is 0 Å². The number of hydrogen-bond acceptors (Lipinski definition) is 8. The Hall–Kier alpha value is -3.43. The molecule has 41 heavy (non-hydrogen) atoms. The predicted octanol–water partition coefficient (Wildman–Crippen LogP) is 4.01. The van der Waals surface area contributed by atoms with E-state index in [9.17, 15) is 32.1 Å². The Bertz CT molecular complexity index is 1650. The SMILES string of the molecule is CC1(COc2c(N3CCN(S(=O)(=O)Cc4ccc(Br)c([N+](=O)[O-])c4)CC3)cnn(-c3cc(F)cc(F)c3)c2=O)CC1. The van der Waals surface area contributed by atoms with Gasteiger partial charge in [0.15, 0.2) is 0 Å². The monoisotopic (exact) mass is 653 g/mol. The Labute approximate surface area is 242 Å². The molecule has 2 heterocycles. The Kier molecular flexibility index (Phi) is 7.87. The van der Waals surface area contributed by atoms with Gasteiger partial charge in [-0.05, 0) is 52.5 Å². The number of hydrogen-bond donors (Lipinski definition) is 0. The molecule has 5 rings (SSSR count). The summed E-state index contributed by atoms with van der Waals surface area (Å²) in [6.07, 6.45) is 3.25. The molecule has 3 aromatic rings. The van der Waals surface area contributed by atoms with Gasteiger partial charge in [-0.3, -0.25) is 14.9 Å². The van der Waals surface area contributed by atoms with Gasteiger partial charge in [0.25, 0.3) is 5.69 Å². The number of halogens is 3. The lowest BCUT2D eigenvalue weighted by molar-refractivity contribution is -0.385. The molecule has 2 fully saturated rings. The van der Waals surface area contributed by atoms with E-state index in [-0.39, 0.29) is 65.4 Å². The fourth-order valence-electron chi connectivity index (χ4n) is 4.54. The van der Waals surface area contributed by atoms with Crippen LogP contribution in [0.25, 0.3) is 5.69 Å². The van der Waals surface area contributed by atoms with Crippen LogP contribution < -0.4 is 15.2 Å². The molecular formula is C26H26BrF2N5O6S. The van der Waals surface area contributed by atoms with Crippen LogP contribution in [-0.2, 0) is 15.8 Å². The summed E-state index contributed by atoms with van der Waals surface area (Å²) in [7, 11) is -3.80. The van der Waals surface area contributed by atoms with Gasteiger partial charge in [0.1, 0.15) is 17.3 Å². The summed E-state index contributed by atoms with van der Waals surface area (Å²) in [4.78, 5) is 25.9. The zero-order valence-electron chi connectivity index (χ0n) is 21.9. The van der Waals surface area contributed by atoms with Crippen LogP contribution >= 0.6 is 15.9 Å². The van der Waals surface area contributed by atoms with Gasteiger partial charge in [-0.25, -0.2) is 17.2 Å². The van der Waals surface area contributed by atoms with E-state index in [1.165, 1.54) is 28.7 Å². The topological polar surface area (TPSA) is 128 Å². The van der Waals surface area contributed by atoms with Crippen LogP contribution in [-0.4, -0.2) is 60.2 Å². The first kappa shape index (κ1) is 29.1. The zero-order chi connectivity index (χ0) is 29.5. The van der Waals surface area contributed by atoms with Gasteiger partial charge in [0.05, 0.1) is 33.6 Å². The van der Waals surface area contributed by atoms with Crippen LogP contribution in [0.5, 0.6) is 5.75 Å². The van der Waals surface area contributed by atoms with E-state index in [1.54, 1.807) is 4.90 Å². The number of anilines is 1. The van der Waals surface area contributed by atoms with Gasteiger partial charge in [0, 0.05) is 43.7 Å². The van der Waals surface area contributed by atoms with Crippen molar-refractivity contribution in [3.8, 4) is 11.4 Å². The summed E-state index contributed by atoms with van der Waals surface area (Å²) < 4.78 is 62.4. The number of piperazine rings is 1. The van der Waals surface area contributed by atoms with Crippen molar-refractivity contribution >= 4 is 37.3 Å². The lowest BCUT2D eigenvalue weighted by Gasteiger charge is -2.35. The molecule has 0 atom stereocenters. The average Bonchev–Trinajstić information content (AvgIpc) is 3.65. The van der Waals surface area contributed by atoms with E-state index >= 15 is 0 Å². The molecule has 1 saturated heterocycles. The first-order valence-electron chi connectivity index (χ1n) is 12.7. The average molecular weight is 654 g/mol. The van der Waals surface area contributed by atoms with Gasteiger partial charge >= 0.3 is 5.56 Å². The lowest BCUT2D eigenvalue weighted by Crippen LogP contribution is -2.49. The smallest absolute Gasteiger partial charge is 0.316 e. The highest BCUT2D eigenvalue weighted by molar-refractivity contribution is 9.10. The normalized spacial score (nSPS) is 16.9. The molecule has 11 nitrogen and oxygen atoms in total. The third kappa shape index (κ3) is 6.41. The largest absolute Gasteiger partial charge is 0.486 e. The molecule has 2 aromatic carbocycles. The number of nitro benzene ring substituents is 1. The van der Waals surface area contributed by atoms with E-state index in [0.717, 1.165) is 29.7 Å². The maximum absolute atomic E-state index is 13.9. The summed E-state index contributed by atoms with van der Waals surface area (Å²) in [5.41, 5.74) is -0.439. The van der Waals surface area contributed by atoms with Crippen LogP contribution in [0.2, 0.25) is 0 Å². The molecule has 1 aromatic heterocycles. The Morgan fingerprint density at radius 2 is 1.76 bits per heavy atom. The molecule has 1 aliphatic heterocycles. The Morgan fingerprint density at radius 3 is 2.37 bits per heavy atom. The minimum atomic E-state index is -3.80. The minimum absolute atomic E-state index is 0.0312. The highest BCUT2D eigenvalue weighted by atomic mass is 79.9. The minimum Gasteiger partial charge on any atom is -0.486 e. The molecule has 0 amide bonds. The van der Waals surface area contributed by atoms with Gasteiger partial charge in [-0.1, -0.05) is 13.0 Å². The number of rotatable bonds is 9. The van der Waals surface area contributed by atoms with Crippen LogP contribution in [0.1, 0.15) is 25.3 Å². The predicted molar refractivity (Wildman–Crippen MR) is 150 cm³/mol. The van der Waals surface area contributed by atoms with Crippen molar-refractivity contribution < 1.29 is 26.9 Å². The van der Waals surface area contributed by atoms with E-state index in [1.807, 2.05) is 6.92 Å². The van der Waals surface area contributed by atoms with Crippen molar-refractivity contribution in [2.24, 2.45) is 5.41 Å². The molecule has 0 bridgehead atoms. The van der Waals surface area contributed by atoms with Gasteiger partial charge in [0.2, 0.25) is 15.8 Å². The van der Waals surface area contributed by atoms with Crippen molar-refractivity contribution in [3.05, 3.63) is 84.7 Å². The molecule has 0 N–H and O–H groups in total. The highest BCUT2D eigenvalue weighted by Crippen LogP contribution is 2.45. The first-order valence-corrected chi connectivity index (χ1v) is 15.1. The summed E-state index contributed by atoms with van der Waals surface area (Å²) in [5.74, 6) is -2.16. The molecule has 218 valence electrons. The quantitative estimate of drug-likeness (QED) is 0.250. The number of nitrogens with zero attached hydrogens (tertiary/aromatic N) is 5. The third-order valence-corrected chi connectivity index (χ3v) is 9.72. The number of aromatic nitrogens is 2. The van der Waals surface area contributed by atoms with Crippen molar-refractivity contribution in [1.29, 1.82) is 0 Å². The zero-order valence-corrected chi connectivity index (χ0v) is 24.3. The highest BCUT2D eigenvalue weighted by Gasteiger charge is 2.39. The van der Waals surface area contributed by atoms with E-state index in [0.29, 0.717) is 11.8 Å². The second-order valence-electron chi connectivity index (χ2n) is 10.5. The summed E-state index contributed by atoms with van der Waals surface area (Å²) in [5, 5.41) is 15.4. The Balaban J connectivity index is 1.37. The number of sulfonamides is 1. The molecule has 0 radical (unpaired) electrons. The van der Waals surface area contributed by atoms with Gasteiger partial charge in [-0.2, -0.15) is 14.1 Å². The standard InChI is InChI=1S/C26H26BrF2N5O6S/c1-26(4-5-26)16-40-24-23(14-30-33(25(24)35)20-12-18(28)11-19(29)13-20)31-6-8-32(9-7-31)41(38,39)15-17-2-3-21(27)22(10-17)34(36)37/h2-3,10-14H,4-9,15-16H2,1H3. The lowest BCUT2D eigenvalue weighted by atomic mass is 10.2. The molecule has 15 heteroatoms. The van der Waals surface area contributed by atoms with Crippen molar-refractivity contribution in [1.82, 2.24) is 14.1 Å². The van der Waals surface area contributed by atoms with Crippen molar-refractivity contribution in [2.45, 2.75) is 25.5 Å². The van der Waals surface area contributed by atoms with E-state index in [2.05, 4.69) is 21.0 Å². The second kappa shape index (κ2) is 11.1. The first-order chi connectivity index (χ1) is 19.3.